The van der Waals surface area contributed by atoms with Gasteiger partial charge in [-0.25, -0.2) is 12.4 Å². The van der Waals surface area contributed by atoms with Crippen molar-refractivity contribution in [1.29, 1.82) is 5.26 Å². The molecule has 1 aromatic heterocycles. The summed E-state index contributed by atoms with van der Waals surface area (Å²) in [6, 6.07) is 15.2. The standard InChI is InChI=1S/C22H21N3O3S/c1-15-6-9-19(10-7-15)29(27,28)25-20-11-16(2)5-8-17(20)12-21(25)22(26)18(13-23)14-24(3)4/h5-12,14H,1-4H3. The zero-order valence-electron chi connectivity index (χ0n) is 16.7. The maximum Gasteiger partial charge on any atom is 0.268 e. The van der Waals surface area contributed by atoms with E-state index >= 15 is 0 Å². The number of benzene rings is 2. The highest BCUT2D eigenvalue weighted by Gasteiger charge is 2.28. The van der Waals surface area contributed by atoms with E-state index in [1.807, 2.05) is 26.0 Å². The first-order chi connectivity index (χ1) is 13.6. The molecule has 0 saturated carbocycles. The Morgan fingerprint density at radius 3 is 2.24 bits per heavy atom. The summed E-state index contributed by atoms with van der Waals surface area (Å²) in [5, 5.41) is 10.1. The number of rotatable bonds is 5. The van der Waals surface area contributed by atoms with Gasteiger partial charge in [-0.15, -0.1) is 0 Å². The fourth-order valence-corrected chi connectivity index (χ4v) is 4.56. The van der Waals surface area contributed by atoms with Crippen LogP contribution in [0, 0.1) is 25.2 Å². The van der Waals surface area contributed by atoms with Gasteiger partial charge in [-0.1, -0.05) is 29.8 Å². The average Bonchev–Trinajstić information content (AvgIpc) is 3.05. The third-order valence-electron chi connectivity index (χ3n) is 4.46. The Hall–Kier alpha value is -3.37. The molecule has 0 fully saturated rings. The normalized spacial score (nSPS) is 12.0. The molecule has 1 heterocycles. The first-order valence-electron chi connectivity index (χ1n) is 8.92. The van der Waals surface area contributed by atoms with Crippen LogP contribution in [0.1, 0.15) is 21.6 Å². The van der Waals surface area contributed by atoms with E-state index in [0.29, 0.717) is 10.9 Å². The summed E-state index contributed by atoms with van der Waals surface area (Å²) in [6.45, 7) is 3.72. The number of aromatic nitrogens is 1. The monoisotopic (exact) mass is 407 g/mol. The van der Waals surface area contributed by atoms with Gasteiger partial charge < -0.3 is 4.90 Å². The number of nitriles is 1. The molecule has 0 radical (unpaired) electrons. The average molecular weight is 407 g/mol. The number of carbonyl (C=O) groups excluding carboxylic acids is 1. The van der Waals surface area contributed by atoms with Crippen molar-refractivity contribution in [2.24, 2.45) is 0 Å². The third-order valence-corrected chi connectivity index (χ3v) is 6.20. The van der Waals surface area contributed by atoms with Crippen LogP contribution in [0.25, 0.3) is 10.9 Å². The molecule has 0 spiro atoms. The quantitative estimate of drug-likeness (QED) is 0.366. The maximum atomic E-state index is 13.5. The second-order valence-corrected chi connectivity index (χ2v) is 8.91. The van der Waals surface area contributed by atoms with Gasteiger partial charge in [0.1, 0.15) is 17.3 Å². The molecule has 2 aromatic carbocycles. The molecule has 0 unspecified atom stereocenters. The molecular weight excluding hydrogens is 386 g/mol. The largest absolute Gasteiger partial charge is 0.382 e. The summed E-state index contributed by atoms with van der Waals surface area (Å²) in [5.74, 6) is -0.647. The van der Waals surface area contributed by atoms with E-state index in [1.165, 1.54) is 24.4 Å². The molecule has 6 nitrogen and oxygen atoms in total. The van der Waals surface area contributed by atoms with Crippen molar-refractivity contribution in [3.8, 4) is 6.07 Å². The molecule has 0 saturated heterocycles. The van der Waals surface area contributed by atoms with Crippen LogP contribution < -0.4 is 0 Å². The first-order valence-corrected chi connectivity index (χ1v) is 10.4. The Morgan fingerprint density at radius 1 is 1.03 bits per heavy atom. The molecule has 29 heavy (non-hydrogen) atoms. The number of fused-ring (bicyclic) bond motifs is 1. The Labute approximate surface area is 170 Å². The number of allylic oxidation sites excluding steroid dienone is 1. The maximum absolute atomic E-state index is 13.5. The SMILES string of the molecule is Cc1ccc(S(=O)(=O)n2c(C(=O)C(C#N)=CN(C)C)cc3ccc(C)cc32)cc1. The molecule has 0 amide bonds. The van der Waals surface area contributed by atoms with Crippen molar-refractivity contribution in [3.05, 3.63) is 77.1 Å². The lowest BCUT2D eigenvalue weighted by molar-refractivity contribution is 0.103. The van der Waals surface area contributed by atoms with Gasteiger partial charge in [-0.05, 0) is 43.7 Å². The molecule has 0 aliphatic carbocycles. The van der Waals surface area contributed by atoms with Gasteiger partial charge >= 0.3 is 0 Å². The fourth-order valence-electron chi connectivity index (χ4n) is 3.05. The zero-order valence-corrected chi connectivity index (χ0v) is 17.5. The molecule has 7 heteroatoms. The number of hydrogen-bond donors (Lipinski definition) is 0. The number of hydrogen-bond acceptors (Lipinski definition) is 5. The van der Waals surface area contributed by atoms with Crippen LogP contribution in [-0.4, -0.2) is 37.2 Å². The van der Waals surface area contributed by atoms with Crippen molar-refractivity contribution in [2.45, 2.75) is 18.7 Å². The minimum atomic E-state index is -4.06. The van der Waals surface area contributed by atoms with Gasteiger partial charge in [-0.2, -0.15) is 5.26 Å². The van der Waals surface area contributed by atoms with Crippen molar-refractivity contribution in [1.82, 2.24) is 8.87 Å². The summed E-state index contributed by atoms with van der Waals surface area (Å²) < 4.78 is 28.0. The molecule has 3 aromatic rings. The molecule has 0 atom stereocenters. The van der Waals surface area contributed by atoms with Gasteiger partial charge in [-0.3, -0.25) is 4.79 Å². The second kappa shape index (κ2) is 7.57. The molecular formula is C22H21N3O3S. The lowest BCUT2D eigenvalue weighted by Crippen LogP contribution is -2.20. The predicted octanol–water partition coefficient (Wildman–Crippen LogP) is 3.65. The van der Waals surface area contributed by atoms with Crippen LogP contribution >= 0.6 is 0 Å². The number of nitrogens with zero attached hydrogens (tertiary/aromatic N) is 3. The highest BCUT2D eigenvalue weighted by atomic mass is 32.2. The summed E-state index contributed by atoms with van der Waals surface area (Å²) in [4.78, 5) is 14.8. The Kier molecular flexibility index (Phi) is 5.31. The fraction of sp³-hybridized carbons (Fsp3) is 0.182. The van der Waals surface area contributed by atoms with Crippen LogP contribution in [0.3, 0.4) is 0 Å². The van der Waals surface area contributed by atoms with E-state index in [-0.39, 0.29) is 16.2 Å². The Balaban J connectivity index is 2.34. The van der Waals surface area contributed by atoms with E-state index in [2.05, 4.69) is 0 Å². The van der Waals surface area contributed by atoms with E-state index in [0.717, 1.165) is 15.1 Å². The van der Waals surface area contributed by atoms with Gasteiger partial charge in [0.2, 0.25) is 5.78 Å². The second-order valence-electron chi connectivity index (χ2n) is 7.12. The van der Waals surface area contributed by atoms with E-state index in [4.69, 9.17) is 0 Å². The Bertz CT molecular complexity index is 1280. The minimum absolute atomic E-state index is 0.0687. The van der Waals surface area contributed by atoms with Crippen LogP contribution in [0.2, 0.25) is 0 Å². The van der Waals surface area contributed by atoms with Gasteiger partial charge in [0.15, 0.2) is 0 Å². The third kappa shape index (κ3) is 3.80. The molecule has 0 N–H and O–H groups in total. The van der Waals surface area contributed by atoms with Crippen molar-refractivity contribution in [3.63, 3.8) is 0 Å². The predicted molar refractivity (Wildman–Crippen MR) is 112 cm³/mol. The van der Waals surface area contributed by atoms with Crippen molar-refractivity contribution < 1.29 is 13.2 Å². The van der Waals surface area contributed by atoms with Crippen LogP contribution in [0.4, 0.5) is 0 Å². The van der Waals surface area contributed by atoms with Gasteiger partial charge in [0.25, 0.3) is 10.0 Å². The first kappa shape index (κ1) is 20.4. The summed E-state index contributed by atoms with van der Waals surface area (Å²) in [7, 11) is -0.682. The number of Topliss-reactive ketones (excluding diaryl/α,β-unsaturated/α-hetero) is 1. The lowest BCUT2D eigenvalue weighted by Gasteiger charge is -2.12. The Morgan fingerprint density at radius 2 is 1.66 bits per heavy atom. The van der Waals surface area contributed by atoms with E-state index < -0.39 is 15.8 Å². The van der Waals surface area contributed by atoms with Gasteiger partial charge in [0, 0.05) is 25.7 Å². The number of aryl methyl sites for hydroxylation is 2. The summed E-state index contributed by atoms with van der Waals surface area (Å²) >= 11 is 0. The van der Waals surface area contributed by atoms with Crippen LogP contribution in [-0.2, 0) is 10.0 Å². The summed E-state index contributed by atoms with van der Waals surface area (Å²) in [5.41, 5.74) is 1.97. The highest BCUT2D eigenvalue weighted by Crippen LogP contribution is 2.28. The molecule has 0 aliphatic rings. The minimum Gasteiger partial charge on any atom is -0.382 e. The smallest absolute Gasteiger partial charge is 0.268 e. The number of carbonyl (C=O) groups is 1. The lowest BCUT2D eigenvalue weighted by atomic mass is 10.1. The van der Waals surface area contributed by atoms with Gasteiger partial charge in [0.05, 0.1) is 10.4 Å². The van der Waals surface area contributed by atoms with Crippen molar-refractivity contribution >= 4 is 26.7 Å². The molecule has 0 bridgehead atoms. The number of ketones is 1. The molecule has 0 aliphatic heterocycles. The van der Waals surface area contributed by atoms with Crippen LogP contribution in [0.15, 0.2) is 65.2 Å². The van der Waals surface area contributed by atoms with Crippen LogP contribution in [0.5, 0.6) is 0 Å². The summed E-state index contributed by atoms with van der Waals surface area (Å²) in [6.07, 6.45) is 1.38. The van der Waals surface area contributed by atoms with Crippen molar-refractivity contribution in [2.75, 3.05) is 14.1 Å². The van der Waals surface area contributed by atoms with E-state index in [1.54, 1.807) is 43.3 Å². The molecule has 148 valence electrons. The van der Waals surface area contributed by atoms with E-state index in [9.17, 15) is 18.5 Å². The topological polar surface area (TPSA) is 83.2 Å². The highest BCUT2D eigenvalue weighted by molar-refractivity contribution is 7.90. The zero-order chi connectivity index (χ0) is 21.3. The molecule has 3 rings (SSSR count).